The lowest BCUT2D eigenvalue weighted by Gasteiger charge is -2.03. The summed E-state index contributed by atoms with van der Waals surface area (Å²) in [4.78, 5) is 7.55. The van der Waals surface area contributed by atoms with Gasteiger partial charge in [-0.2, -0.15) is 13.2 Å². The number of oxazole rings is 1. The molecule has 2 heterocycles. The van der Waals surface area contributed by atoms with Crippen molar-refractivity contribution in [3.05, 3.63) is 48.2 Å². The molecule has 3 rings (SSSR count). The van der Waals surface area contributed by atoms with E-state index in [1.54, 1.807) is 24.3 Å². The second kappa shape index (κ2) is 4.08. The summed E-state index contributed by atoms with van der Waals surface area (Å²) in [5.74, 6) is 0.252. The van der Waals surface area contributed by atoms with Gasteiger partial charge in [-0.15, -0.1) is 0 Å². The van der Waals surface area contributed by atoms with Gasteiger partial charge in [-0.3, -0.25) is 0 Å². The molecule has 0 radical (unpaired) electrons. The van der Waals surface area contributed by atoms with Crippen molar-refractivity contribution in [3.63, 3.8) is 0 Å². The highest BCUT2D eigenvalue weighted by molar-refractivity contribution is 5.72. The fourth-order valence-electron chi connectivity index (χ4n) is 1.68. The van der Waals surface area contributed by atoms with Crippen molar-refractivity contribution in [2.24, 2.45) is 0 Å². The SMILES string of the molecule is FC(F)(F)c1ccc2nc(-c3ccccc3)oc2n1. The maximum absolute atomic E-state index is 12.5. The first-order valence-corrected chi connectivity index (χ1v) is 5.44. The van der Waals surface area contributed by atoms with Crippen LogP contribution in [0.25, 0.3) is 22.7 Å². The Balaban J connectivity index is 2.12. The summed E-state index contributed by atoms with van der Waals surface area (Å²) in [6.07, 6.45) is -4.49. The molecular weight excluding hydrogens is 257 g/mol. The molecule has 0 bridgehead atoms. The molecule has 0 spiro atoms. The molecule has 0 aliphatic carbocycles. The third-order valence-electron chi connectivity index (χ3n) is 2.57. The summed E-state index contributed by atoms with van der Waals surface area (Å²) in [6.45, 7) is 0. The van der Waals surface area contributed by atoms with E-state index in [9.17, 15) is 13.2 Å². The van der Waals surface area contributed by atoms with Crippen molar-refractivity contribution in [2.75, 3.05) is 0 Å². The third-order valence-corrected chi connectivity index (χ3v) is 2.57. The Morgan fingerprint density at radius 2 is 1.63 bits per heavy atom. The molecule has 3 nitrogen and oxygen atoms in total. The summed E-state index contributed by atoms with van der Waals surface area (Å²) in [6, 6.07) is 11.1. The predicted molar refractivity (Wildman–Crippen MR) is 62.2 cm³/mol. The van der Waals surface area contributed by atoms with Crippen LogP contribution in [0.2, 0.25) is 0 Å². The van der Waals surface area contributed by atoms with Gasteiger partial charge in [0.2, 0.25) is 11.6 Å². The van der Waals surface area contributed by atoms with Crippen LogP contribution in [0, 0.1) is 0 Å². The standard InChI is InChI=1S/C13H7F3N2O/c14-13(15,16)10-7-6-9-12(18-10)19-11(17-9)8-4-2-1-3-5-8/h1-7H. The highest BCUT2D eigenvalue weighted by Gasteiger charge is 2.33. The van der Waals surface area contributed by atoms with Crippen LogP contribution in [-0.4, -0.2) is 9.97 Å². The smallest absolute Gasteiger partial charge is 0.418 e. The number of rotatable bonds is 1. The van der Waals surface area contributed by atoms with E-state index in [1.807, 2.05) is 6.07 Å². The van der Waals surface area contributed by atoms with Crippen molar-refractivity contribution >= 4 is 11.2 Å². The van der Waals surface area contributed by atoms with Gasteiger partial charge >= 0.3 is 6.18 Å². The minimum absolute atomic E-state index is 0.117. The number of hydrogen-bond acceptors (Lipinski definition) is 3. The number of halogens is 3. The molecule has 0 atom stereocenters. The van der Waals surface area contributed by atoms with E-state index in [0.717, 1.165) is 6.07 Å². The fraction of sp³-hybridized carbons (Fsp3) is 0.0769. The molecule has 0 N–H and O–H groups in total. The zero-order chi connectivity index (χ0) is 13.5. The molecule has 2 aromatic heterocycles. The number of fused-ring (bicyclic) bond motifs is 1. The number of pyridine rings is 1. The van der Waals surface area contributed by atoms with Gasteiger partial charge in [0.05, 0.1) is 0 Å². The Morgan fingerprint density at radius 1 is 0.895 bits per heavy atom. The van der Waals surface area contributed by atoms with Crippen LogP contribution in [0.3, 0.4) is 0 Å². The van der Waals surface area contributed by atoms with Crippen LogP contribution in [0.5, 0.6) is 0 Å². The molecular formula is C13H7F3N2O. The molecule has 3 aromatic rings. The Morgan fingerprint density at radius 3 is 2.32 bits per heavy atom. The summed E-state index contributed by atoms with van der Waals surface area (Å²) in [5.41, 5.74) is -0.120. The normalized spacial score (nSPS) is 11.9. The number of benzene rings is 1. The van der Waals surface area contributed by atoms with Crippen LogP contribution < -0.4 is 0 Å². The molecule has 0 aliphatic heterocycles. The first kappa shape index (κ1) is 11.7. The zero-order valence-electron chi connectivity index (χ0n) is 9.48. The highest BCUT2D eigenvalue weighted by Crippen LogP contribution is 2.30. The Kier molecular flexibility index (Phi) is 2.51. The summed E-state index contributed by atoms with van der Waals surface area (Å²) >= 11 is 0. The molecule has 0 unspecified atom stereocenters. The molecule has 19 heavy (non-hydrogen) atoms. The first-order valence-electron chi connectivity index (χ1n) is 5.44. The van der Waals surface area contributed by atoms with E-state index >= 15 is 0 Å². The van der Waals surface area contributed by atoms with Crippen molar-refractivity contribution in [3.8, 4) is 11.5 Å². The average molecular weight is 264 g/mol. The Hall–Kier alpha value is -2.37. The van der Waals surface area contributed by atoms with Gasteiger partial charge in [-0.05, 0) is 24.3 Å². The topological polar surface area (TPSA) is 38.9 Å². The largest absolute Gasteiger partial charge is 0.433 e. The first-order chi connectivity index (χ1) is 9.04. The monoisotopic (exact) mass is 264 g/mol. The predicted octanol–water partition coefficient (Wildman–Crippen LogP) is 3.91. The van der Waals surface area contributed by atoms with Gasteiger partial charge in [0.15, 0.2) is 0 Å². The maximum atomic E-state index is 12.5. The molecule has 0 fully saturated rings. The zero-order valence-corrected chi connectivity index (χ0v) is 9.48. The maximum Gasteiger partial charge on any atom is 0.433 e. The molecule has 1 aromatic carbocycles. The van der Waals surface area contributed by atoms with Crippen molar-refractivity contribution in [1.82, 2.24) is 9.97 Å². The van der Waals surface area contributed by atoms with E-state index in [4.69, 9.17) is 4.42 Å². The minimum Gasteiger partial charge on any atom is -0.418 e. The van der Waals surface area contributed by atoms with Crippen LogP contribution in [0.4, 0.5) is 13.2 Å². The molecule has 0 saturated heterocycles. The van der Waals surface area contributed by atoms with Crippen LogP contribution in [0.15, 0.2) is 46.9 Å². The van der Waals surface area contributed by atoms with Crippen LogP contribution in [0.1, 0.15) is 5.69 Å². The van der Waals surface area contributed by atoms with Gasteiger partial charge in [-0.1, -0.05) is 18.2 Å². The molecule has 0 saturated carbocycles. The number of nitrogens with zero attached hydrogens (tertiary/aromatic N) is 2. The van der Waals surface area contributed by atoms with E-state index in [1.165, 1.54) is 6.07 Å². The Bertz CT molecular complexity index is 720. The van der Waals surface area contributed by atoms with Crippen molar-refractivity contribution < 1.29 is 17.6 Å². The van der Waals surface area contributed by atoms with E-state index < -0.39 is 11.9 Å². The van der Waals surface area contributed by atoms with Gasteiger partial charge in [-0.25, -0.2) is 9.97 Å². The summed E-state index contributed by atoms with van der Waals surface area (Å²) in [5, 5.41) is 0. The van der Waals surface area contributed by atoms with Gasteiger partial charge in [0.1, 0.15) is 11.2 Å². The van der Waals surface area contributed by atoms with E-state index in [-0.39, 0.29) is 11.6 Å². The summed E-state index contributed by atoms with van der Waals surface area (Å²) in [7, 11) is 0. The van der Waals surface area contributed by atoms with Gasteiger partial charge < -0.3 is 4.42 Å². The lowest BCUT2D eigenvalue weighted by molar-refractivity contribution is -0.141. The van der Waals surface area contributed by atoms with Gasteiger partial charge in [0, 0.05) is 5.56 Å². The lowest BCUT2D eigenvalue weighted by atomic mass is 10.2. The highest BCUT2D eigenvalue weighted by atomic mass is 19.4. The second-order valence-electron chi connectivity index (χ2n) is 3.90. The average Bonchev–Trinajstić information content (AvgIpc) is 2.81. The quantitative estimate of drug-likeness (QED) is 0.669. The minimum atomic E-state index is -4.49. The van der Waals surface area contributed by atoms with Crippen LogP contribution >= 0.6 is 0 Å². The molecule has 0 amide bonds. The third kappa shape index (κ3) is 2.16. The van der Waals surface area contributed by atoms with Crippen molar-refractivity contribution in [2.45, 2.75) is 6.18 Å². The summed E-state index contributed by atoms with van der Waals surface area (Å²) < 4.78 is 42.8. The Labute approximate surface area is 105 Å². The number of aromatic nitrogens is 2. The van der Waals surface area contributed by atoms with Crippen LogP contribution in [-0.2, 0) is 6.18 Å². The molecule has 0 aliphatic rings. The lowest BCUT2D eigenvalue weighted by Crippen LogP contribution is -2.07. The second-order valence-corrected chi connectivity index (χ2v) is 3.90. The molecule has 96 valence electrons. The number of alkyl halides is 3. The van der Waals surface area contributed by atoms with Crippen molar-refractivity contribution in [1.29, 1.82) is 0 Å². The number of hydrogen-bond donors (Lipinski definition) is 0. The van der Waals surface area contributed by atoms with E-state index in [2.05, 4.69) is 9.97 Å². The fourth-order valence-corrected chi connectivity index (χ4v) is 1.68. The van der Waals surface area contributed by atoms with Gasteiger partial charge in [0.25, 0.3) is 0 Å². The molecule has 6 heteroatoms. The van der Waals surface area contributed by atoms with E-state index in [0.29, 0.717) is 11.1 Å².